The first kappa shape index (κ1) is 47.7. The fourth-order valence-corrected chi connectivity index (χ4v) is 5.46. The summed E-state index contributed by atoms with van der Waals surface area (Å²) < 4.78 is 64.4. The zero-order chi connectivity index (χ0) is 45.0. The van der Waals surface area contributed by atoms with Crippen LogP contribution in [0.15, 0.2) is 42.5 Å². The van der Waals surface area contributed by atoms with Crippen LogP contribution in [-0.2, 0) is 38.3 Å². The number of Topliss-reactive ketones (excluding diaryl/α,β-unsaturated/α-hetero) is 1. The number of pyridine rings is 1. The molecule has 3 aromatic rings. The number of esters is 1. The lowest BCUT2D eigenvalue weighted by atomic mass is 10.0. The van der Waals surface area contributed by atoms with E-state index in [9.17, 15) is 61.0 Å². The van der Waals surface area contributed by atoms with E-state index in [4.69, 9.17) is 0 Å². The van der Waals surface area contributed by atoms with E-state index < -0.39 is 138 Å². The van der Waals surface area contributed by atoms with Gasteiger partial charge in [0.2, 0.25) is 35.3 Å². The number of para-hydroxylation sites is 1. The Morgan fingerprint density at radius 1 is 0.683 bits per heavy atom. The number of fused-ring (bicyclic) bond motifs is 1. The van der Waals surface area contributed by atoms with Gasteiger partial charge >= 0.3 is 11.9 Å². The van der Waals surface area contributed by atoms with Crippen LogP contribution in [0, 0.1) is 35.1 Å². The summed E-state index contributed by atoms with van der Waals surface area (Å²) >= 11 is 0. The highest BCUT2D eigenvalue weighted by molar-refractivity contribution is 6.00. The molecule has 0 fully saturated rings. The molecule has 0 aliphatic carbocycles. The largest absolute Gasteiger partial charge is 0.481 e. The maximum atomic E-state index is 14.0. The molecule has 0 bridgehead atoms. The van der Waals surface area contributed by atoms with E-state index in [1.165, 1.54) is 19.9 Å². The first-order valence-corrected chi connectivity index (χ1v) is 18.3. The Hall–Kier alpha value is -6.67. The maximum absolute atomic E-state index is 14.0. The number of aromatic nitrogens is 1. The van der Waals surface area contributed by atoms with Gasteiger partial charge in [0.25, 0.3) is 5.91 Å². The number of halogens is 4. The lowest BCUT2D eigenvalue weighted by Gasteiger charge is -2.28. The molecule has 60 heavy (non-hydrogen) atoms. The van der Waals surface area contributed by atoms with Gasteiger partial charge in [0.15, 0.2) is 23.2 Å². The molecule has 5 atom stereocenters. The molecule has 0 aliphatic heterocycles. The van der Waals surface area contributed by atoms with Gasteiger partial charge < -0.3 is 41.2 Å². The molecule has 0 saturated carbocycles. The third kappa shape index (κ3) is 12.9. The second-order valence-corrected chi connectivity index (χ2v) is 14.1. The quantitative estimate of drug-likeness (QED) is 0.0542. The molecular formula is C39H44F4N6O11. The van der Waals surface area contributed by atoms with Crippen molar-refractivity contribution in [3.8, 4) is 5.75 Å². The number of nitrogens with zero attached hydrogens (tertiary/aromatic N) is 1. The molecule has 0 radical (unpaired) electrons. The molecule has 0 saturated heterocycles. The van der Waals surface area contributed by atoms with Crippen molar-refractivity contribution in [2.24, 2.45) is 11.8 Å². The van der Waals surface area contributed by atoms with E-state index in [2.05, 4.69) is 35.7 Å². The van der Waals surface area contributed by atoms with Gasteiger partial charge in [-0.2, -0.15) is 8.78 Å². The van der Waals surface area contributed by atoms with Crippen LogP contribution >= 0.6 is 0 Å². The number of hydrogen-bond donors (Lipinski definition) is 6. The molecular weight excluding hydrogens is 804 g/mol. The number of ether oxygens (including phenoxy) is 2. The smallest absolute Gasteiger partial charge is 0.308 e. The standard InChI is InChI=1S/C39H44F4N6O11/c1-17(2)32(38(57)44-19(5)35(54)46-25(14-28(51)52)27(50)16-60-34-30(42)21(40)13-22(41)31(34)43)49-37(56)26(15-29(53)59-6)47-39(58)33(18(3)4)48-36(55)24-12-11-20-9-7-8-10-23(20)45-24/h7-13,17-19,25-26,32-33H,14-16H2,1-6H3,(H,44,57)(H,46,54)(H,47,58)(H,48,55)(H,49,56)(H,51,52)/t19-,25?,26-,32-,33-/m0/s1. The minimum Gasteiger partial charge on any atom is -0.481 e. The number of carbonyl (C=O) groups is 8. The molecule has 0 aliphatic rings. The van der Waals surface area contributed by atoms with Crippen LogP contribution < -0.4 is 31.3 Å². The van der Waals surface area contributed by atoms with Crippen LogP contribution in [0.4, 0.5) is 17.6 Å². The third-order valence-electron chi connectivity index (χ3n) is 8.81. The number of carboxylic acids is 1. The molecule has 1 aromatic heterocycles. The SMILES string of the molecule is COC(=O)C[C@H](NC(=O)[C@@H](NC(=O)c1ccc2ccccc2n1)C(C)C)C(=O)N[C@H](C(=O)N[C@@H](C)C(=O)NC(CC(=O)O)C(=O)COc1c(F)c(F)cc(F)c1F)C(C)C. The monoisotopic (exact) mass is 848 g/mol. The maximum Gasteiger partial charge on any atom is 0.308 e. The molecule has 0 spiro atoms. The number of methoxy groups -OCH3 is 1. The normalized spacial score (nSPS) is 13.6. The highest BCUT2D eigenvalue weighted by Gasteiger charge is 2.35. The zero-order valence-corrected chi connectivity index (χ0v) is 33.2. The number of nitrogens with one attached hydrogen (secondary N) is 5. The topological polar surface area (TPSA) is 248 Å². The summed E-state index contributed by atoms with van der Waals surface area (Å²) in [5.74, 6) is -19.0. The summed E-state index contributed by atoms with van der Waals surface area (Å²) in [6, 6.07) is 2.30. The fourth-order valence-electron chi connectivity index (χ4n) is 5.46. The number of carboxylic acid groups (broad SMARTS) is 1. The lowest BCUT2D eigenvalue weighted by molar-refractivity contribution is -0.144. The average Bonchev–Trinajstić information content (AvgIpc) is 3.19. The summed E-state index contributed by atoms with van der Waals surface area (Å²) in [6.45, 7) is 6.04. The summed E-state index contributed by atoms with van der Waals surface area (Å²) in [6.07, 6.45) is -1.79. The van der Waals surface area contributed by atoms with Crippen molar-refractivity contribution in [1.29, 1.82) is 0 Å². The molecule has 6 N–H and O–H groups in total. The Morgan fingerprint density at radius 2 is 1.25 bits per heavy atom. The van der Waals surface area contributed by atoms with Gasteiger partial charge in [-0.15, -0.1) is 0 Å². The molecule has 2 aromatic carbocycles. The van der Waals surface area contributed by atoms with Gasteiger partial charge in [0.05, 0.1) is 25.5 Å². The fraction of sp³-hybridized carbons (Fsp3) is 0.410. The van der Waals surface area contributed by atoms with E-state index in [0.717, 1.165) is 19.4 Å². The predicted octanol–water partition coefficient (Wildman–Crippen LogP) is 1.85. The minimum atomic E-state index is -1.97. The average molecular weight is 849 g/mol. The molecule has 5 amide bonds. The van der Waals surface area contributed by atoms with Crippen LogP contribution in [0.3, 0.4) is 0 Å². The van der Waals surface area contributed by atoms with Crippen LogP contribution in [0.5, 0.6) is 5.75 Å². The van der Waals surface area contributed by atoms with Gasteiger partial charge in [-0.3, -0.25) is 38.4 Å². The van der Waals surface area contributed by atoms with Crippen molar-refractivity contribution in [2.45, 2.75) is 77.7 Å². The second kappa shape index (κ2) is 21.4. The van der Waals surface area contributed by atoms with E-state index >= 15 is 0 Å². The van der Waals surface area contributed by atoms with Crippen LogP contribution in [0.25, 0.3) is 10.9 Å². The summed E-state index contributed by atoms with van der Waals surface area (Å²) in [5, 5.41) is 21.8. The zero-order valence-electron chi connectivity index (χ0n) is 33.2. The lowest BCUT2D eigenvalue weighted by Crippen LogP contribution is -2.60. The van der Waals surface area contributed by atoms with Crippen molar-refractivity contribution < 1.29 is 70.5 Å². The molecule has 324 valence electrons. The second-order valence-electron chi connectivity index (χ2n) is 14.1. The van der Waals surface area contributed by atoms with Crippen molar-refractivity contribution in [2.75, 3.05) is 13.7 Å². The van der Waals surface area contributed by atoms with E-state index in [1.807, 2.05) is 5.32 Å². The Kier molecular flexibility index (Phi) is 17.0. The third-order valence-corrected chi connectivity index (χ3v) is 8.81. The number of aliphatic carboxylic acids is 1. The highest BCUT2D eigenvalue weighted by atomic mass is 19.2. The van der Waals surface area contributed by atoms with Crippen molar-refractivity contribution in [3.63, 3.8) is 0 Å². The van der Waals surface area contributed by atoms with Gasteiger partial charge in [-0.05, 0) is 30.9 Å². The molecule has 1 heterocycles. The van der Waals surface area contributed by atoms with E-state index in [-0.39, 0.29) is 11.8 Å². The Labute approximate surface area is 340 Å². The van der Waals surface area contributed by atoms with Gasteiger partial charge in [-0.1, -0.05) is 52.0 Å². The van der Waals surface area contributed by atoms with Gasteiger partial charge in [0, 0.05) is 11.5 Å². The van der Waals surface area contributed by atoms with Crippen LogP contribution in [0.1, 0.15) is 57.9 Å². The first-order valence-electron chi connectivity index (χ1n) is 18.3. The van der Waals surface area contributed by atoms with Crippen molar-refractivity contribution >= 4 is 58.2 Å². The van der Waals surface area contributed by atoms with E-state index in [1.54, 1.807) is 44.2 Å². The van der Waals surface area contributed by atoms with Crippen molar-refractivity contribution in [1.82, 2.24) is 31.6 Å². The van der Waals surface area contributed by atoms with Gasteiger partial charge in [-0.25, -0.2) is 13.8 Å². The molecule has 1 unspecified atom stereocenters. The summed E-state index contributed by atoms with van der Waals surface area (Å²) in [7, 11) is 1.04. The number of hydrogen-bond acceptors (Lipinski definition) is 11. The molecule has 21 heteroatoms. The summed E-state index contributed by atoms with van der Waals surface area (Å²) in [4.78, 5) is 108. The number of benzene rings is 2. The number of carbonyl (C=O) groups excluding carboxylic acids is 7. The first-order chi connectivity index (χ1) is 28.1. The Morgan fingerprint density at radius 3 is 1.83 bits per heavy atom. The Balaban J connectivity index is 1.71. The van der Waals surface area contributed by atoms with Crippen molar-refractivity contribution in [3.05, 3.63) is 71.4 Å². The van der Waals surface area contributed by atoms with E-state index in [0.29, 0.717) is 5.52 Å². The number of ketones is 1. The number of rotatable bonds is 20. The summed E-state index contributed by atoms with van der Waals surface area (Å²) in [5.41, 5.74) is 0.540. The Bertz CT molecular complexity index is 2110. The highest BCUT2D eigenvalue weighted by Crippen LogP contribution is 2.26. The molecule has 17 nitrogen and oxygen atoms in total. The van der Waals surface area contributed by atoms with Crippen LogP contribution in [0.2, 0.25) is 0 Å². The van der Waals surface area contributed by atoms with Gasteiger partial charge in [0.1, 0.15) is 42.5 Å². The predicted molar refractivity (Wildman–Crippen MR) is 202 cm³/mol. The van der Waals surface area contributed by atoms with Crippen LogP contribution in [-0.4, -0.2) is 101 Å². The molecule has 3 rings (SSSR count). The minimum absolute atomic E-state index is 0.00905. The number of amides is 5.